The molecule has 2 atom stereocenters. The molecule has 0 saturated carbocycles. The number of halogens is 3. The lowest BCUT2D eigenvalue weighted by Gasteiger charge is -2.29. The molecule has 7 rings (SSSR count). The molecule has 1 amide bonds. The minimum absolute atomic E-state index is 0. The molecule has 11 nitrogen and oxygen atoms in total. The van der Waals surface area contributed by atoms with E-state index in [4.69, 9.17) is 21.1 Å². The average Bonchev–Trinajstić information content (AvgIpc) is 3.81. The number of allylic oxidation sites excluding steroid dienone is 2. The molecule has 2 saturated heterocycles. The van der Waals surface area contributed by atoms with Gasteiger partial charge in [-0.25, -0.2) is 23.4 Å². The Bertz CT molecular complexity index is 2310. The average molecular weight is 745 g/mol. The third kappa shape index (κ3) is 7.01. The molecule has 2 fully saturated rings. The largest absolute Gasteiger partial charge is 0.457 e. The molecule has 5 aromatic rings. The van der Waals surface area contributed by atoms with Crippen molar-refractivity contribution in [2.24, 2.45) is 5.92 Å². The van der Waals surface area contributed by atoms with E-state index in [2.05, 4.69) is 26.3 Å². The van der Waals surface area contributed by atoms with Gasteiger partial charge in [0.1, 0.15) is 29.3 Å². The Hall–Kier alpha value is -5.53. The van der Waals surface area contributed by atoms with E-state index in [1.54, 1.807) is 24.5 Å². The fourth-order valence-corrected chi connectivity index (χ4v) is 7.37. The highest BCUT2D eigenvalue weighted by Gasteiger charge is 2.42. The zero-order valence-corrected chi connectivity index (χ0v) is 29.2. The number of benzene rings is 1. The van der Waals surface area contributed by atoms with Crippen molar-refractivity contribution in [3.8, 4) is 11.1 Å². The number of alkyl halides is 1. The molecule has 53 heavy (non-hydrogen) atoms. The number of nitrogens with zero attached hydrogens (tertiary/aromatic N) is 5. The molecule has 276 valence electrons. The summed E-state index contributed by atoms with van der Waals surface area (Å²) < 4.78 is 43.0. The molecule has 1 aromatic carbocycles. The highest BCUT2D eigenvalue weighted by atomic mass is 35.5. The normalized spacial score (nSPS) is 17.2. The number of hydrogen-bond acceptors (Lipinski definition) is 8. The smallest absolute Gasteiger partial charge is 0.415 e. The fraction of sp³-hybridized carbons (Fsp3) is 0.282. The second-order valence-corrected chi connectivity index (χ2v) is 13.2. The zero-order valence-electron chi connectivity index (χ0n) is 28.4. The van der Waals surface area contributed by atoms with Crippen molar-refractivity contribution < 1.29 is 27.8 Å². The number of anilines is 1. The lowest BCUT2D eigenvalue weighted by molar-refractivity contribution is 0.0470. The molecular weight excluding hydrogens is 706 g/mol. The van der Waals surface area contributed by atoms with Crippen LogP contribution in [0.25, 0.3) is 33.4 Å². The van der Waals surface area contributed by atoms with Crippen LogP contribution in [0, 0.1) is 11.7 Å². The van der Waals surface area contributed by atoms with Gasteiger partial charge in [-0.15, -0.1) is 0 Å². The predicted octanol–water partition coefficient (Wildman–Crippen LogP) is 7.20. The first-order chi connectivity index (χ1) is 25.0. The van der Waals surface area contributed by atoms with Crippen molar-refractivity contribution in [1.29, 1.82) is 0 Å². The maximum Gasteiger partial charge on any atom is 0.415 e. The van der Waals surface area contributed by atoms with Crippen molar-refractivity contribution in [3.63, 3.8) is 0 Å². The number of ether oxygens (including phenoxy) is 2. The van der Waals surface area contributed by atoms with Crippen molar-refractivity contribution in [2.75, 3.05) is 44.7 Å². The number of aromatic amines is 1. The van der Waals surface area contributed by atoms with Crippen molar-refractivity contribution in [3.05, 3.63) is 118 Å². The van der Waals surface area contributed by atoms with E-state index >= 15 is 4.39 Å². The monoisotopic (exact) mass is 744 g/mol. The van der Waals surface area contributed by atoms with Crippen LogP contribution >= 0.6 is 11.6 Å². The number of carbonyl (C=O) groups is 2. The minimum Gasteiger partial charge on any atom is -0.457 e. The Kier molecular flexibility index (Phi) is 10.7. The van der Waals surface area contributed by atoms with Crippen LogP contribution in [-0.4, -0.2) is 82.1 Å². The first-order valence-electron chi connectivity index (χ1n) is 16.6. The molecule has 0 bridgehead atoms. The number of aromatic nitrogens is 3. The second kappa shape index (κ2) is 15.2. The molecule has 0 spiro atoms. The van der Waals surface area contributed by atoms with Gasteiger partial charge in [0.15, 0.2) is 11.9 Å². The predicted molar refractivity (Wildman–Crippen MR) is 201 cm³/mol. The number of likely N-dealkylation sites (N-methyl/N-ethyl adjacent to an activating group) is 1. The zero-order chi connectivity index (χ0) is 36.7. The summed E-state index contributed by atoms with van der Waals surface area (Å²) in [6, 6.07) is 15.4. The second-order valence-electron chi connectivity index (χ2n) is 13.0. The van der Waals surface area contributed by atoms with Crippen LogP contribution in [0.4, 0.5) is 19.3 Å². The van der Waals surface area contributed by atoms with E-state index in [1.807, 2.05) is 43.4 Å². The third-order valence-corrected chi connectivity index (χ3v) is 9.82. The number of carbonyl (C=O) groups excluding carboxylic acids is 2. The van der Waals surface area contributed by atoms with Gasteiger partial charge in [-0.05, 0) is 49.2 Å². The van der Waals surface area contributed by atoms with Gasteiger partial charge >= 0.3 is 12.1 Å². The van der Waals surface area contributed by atoms with Gasteiger partial charge in [-0.2, -0.15) is 0 Å². The Labute approximate surface area is 309 Å². The van der Waals surface area contributed by atoms with Gasteiger partial charge in [0.2, 0.25) is 0 Å². The van der Waals surface area contributed by atoms with Crippen molar-refractivity contribution in [1.82, 2.24) is 24.2 Å². The fourth-order valence-electron chi connectivity index (χ4n) is 7.27. The minimum atomic E-state index is -0.935. The number of amides is 1. The summed E-state index contributed by atoms with van der Waals surface area (Å²) in [5, 5.41) is 0.128. The molecule has 0 aliphatic carbocycles. The number of likely N-dealkylation sites (tertiary alicyclic amines) is 1. The molecule has 2 aliphatic rings. The van der Waals surface area contributed by atoms with Gasteiger partial charge in [0.05, 0.1) is 16.8 Å². The number of pyridine rings is 3. The highest BCUT2D eigenvalue weighted by Crippen LogP contribution is 2.45. The summed E-state index contributed by atoms with van der Waals surface area (Å²) in [6.45, 7) is 5.55. The Morgan fingerprint density at radius 3 is 2.62 bits per heavy atom. The van der Waals surface area contributed by atoms with Crippen LogP contribution in [0.5, 0.6) is 0 Å². The van der Waals surface area contributed by atoms with Crippen LogP contribution < -0.4 is 10.5 Å². The van der Waals surface area contributed by atoms with E-state index in [1.165, 1.54) is 17.5 Å². The standard InChI is InChI=1S/C38H35ClF2N6O5.CH4/c1-22(40)15-29(45(3)38(50)52-21-39)33-32(41)31-34(46-14-13-25-17-44(2)19-30(25)46)28(16-42-35(31)43-33)24-9-10-26-11-12-27(36(48)47(26)18-24)37(49)51-20-23-7-5-4-6-8-23;/h4-12,15-16,18,25,30H,1,13-14,17,19-21H2,2-3H3,(H,42,43);1H4/b29-15+;/t25-,30?;/m0./s1. The SMILES string of the molecule is C.C=C(F)/C=C(\c1[nH]c2ncc(-c3ccc4ccc(C(=O)OCc5ccccc5)c(=O)n4c3)c(N3CC[C@H]4CN(C)CC43)c2c1F)N(C)C(=O)OCCl. The number of rotatable bonds is 9. The molecule has 6 heterocycles. The quantitative estimate of drug-likeness (QED) is 0.0959. The number of H-pyrrole nitrogens is 1. The Morgan fingerprint density at radius 2 is 1.89 bits per heavy atom. The number of fused-ring (bicyclic) bond motifs is 3. The summed E-state index contributed by atoms with van der Waals surface area (Å²) in [6.07, 6.45) is 4.06. The maximum absolute atomic E-state index is 17.0. The Morgan fingerprint density at radius 1 is 1.13 bits per heavy atom. The van der Waals surface area contributed by atoms with Gasteiger partial charge in [-0.1, -0.05) is 62.0 Å². The summed E-state index contributed by atoms with van der Waals surface area (Å²) in [5.41, 5.74) is 1.99. The molecule has 0 radical (unpaired) electrons. The molecule has 1 N–H and O–H groups in total. The van der Waals surface area contributed by atoms with Crippen LogP contribution in [0.1, 0.15) is 35.5 Å². The lowest BCUT2D eigenvalue weighted by Crippen LogP contribution is -2.35. The van der Waals surface area contributed by atoms with E-state index in [0.29, 0.717) is 34.8 Å². The van der Waals surface area contributed by atoms with Crippen LogP contribution in [-0.2, 0) is 16.1 Å². The first kappa shape index (κ1) is 37.2. The molecule has 4 aromatic heterocycles. The van der Waals surface area contributed by atoms with E-state index in [-0.39, 0.29) is 48.1 Å². The maximum atomic E-state index is 17.0. The third-order valence-electron chi connectivity index (χ3n) is 9.71. The summed E-state index contributed by atoms with van der Waals surface area (Å²) >= 11 is 5.60. The van der Waals surface area contributed by atoms with Crippen LogP contribution in [0.3, 0.4) is 0 Å². The van der Waals surface area contributed by atoms with Crippen molar-refractivity contribution >= 4 is 51.6 Å². The van der Waals surface area contributed by atoms with Gasteiger partial charge in [0, 0.05) is 61.8 Å². The van der Waals surface area contributed by atoms with E-state index in [9.17, 15) is 18.8 Å². The molecule has 14 heteroatoms. The van der Waals surface area contributed by atoms with E-state index in [0.717, 1.165) is 36.0 Å². The summed E-state index contributed by atoms with van der Waals surface area (Å²) in [7, 11) is 3.34. The summed E-state index contributed by atoms with van der Waals surface area (Å²) in [4.78, 5) is 52.3. The molecule has 1 unspecified atom stereocenters. The van der Waals surface area contributed by atoms with E-state index < -0.39 is 35.3 Å². The van der Waals surface area contributed by atoms with Crippen LogP contribution in [0.2, 0.25) is 0 Å². The lowest BCUT2D eigenvalue weighted by atomic mass is 10.0. The van der Waals surface area contributed by atoms with Gasteiger partial charge in [0.25, 0.3) is 5.56 Å². The van der Waals surface area contributed by atoms with Crippen molar-refractivity contribution in [2.45, 2.75) is 26.5 Å². The molecular formula is C39H39ClF2N6O5. The van der Waals surface area contributed by atoms with Crippen LogP contribution in [0.15, 0.2) is 90.3 Å². The van der Waals surface area contributed by atoms with Gasteiger partial charge < -0.3 is 24.3 Å². The summed E-state index contributed by atoms with van der Waals surface area (Å²) in [5.74, 6) is -2.11. The number of hydrogen-bond donors (Lipinski definition) is 1. The highest BCUT2D eigenvalue weighted by molar-refractivity contribution is 6.17. The van der Waals surface area contributed by atoms with Gasteiger partial charge in [-0.3, -0.25) is 14.1 Å². The number of esters is 1. The number of nitrogens with one attached hydrogen (secondary N) is 1. The molecule has 2 aliphatic heterocycles. The Balaban J connectivity index is 0.00000481. The topological polar surface area (TPSA) is 112 Å². The first-order valence-corrected chi connectivity index (χ1v) is 17.1.